The van der Waals surface area contributed by atoms with E-state index < -0.39 is 0 Å². The Labute approximate surface area is 190 Å². The van der Waals surface area contributed by atoms with Gasteiger partial charge in [0, 0.05) is 12.8 Å². The van der Waals surface area contributed by atoms with Gasteiger partial charge in [-0.15, -0.1) is 0 Å². The van der Waals surface area contributed by atoms with Crippen LogP contribution in [0.15, 0.2) is 35.9 Å². The van der Waals surface area contributed by atoms with E-state index in [1.807, 2.05) is 0 Å². The van der Waals surface area contributed by atoms with E-state index in [2.05, 4.69) is 58.0 Å². The number of ketones is 1. The Morgan fingerprint density at radius 3 is 2.68 bits per heavy atom. The molecule has 3 fully saturated rings. The summed E-state index contributed by atoms with van der Waals surface area (Å²) in [6.45, 7) is 10.00. The summed E-state index contributed by atoms with van der Waals surface area (Å²) < 4.78 is 0. The fraction of sp³-hybridized carbons (Fsp3) is 0.700. The Morgan fingerprint density at radius 1 is 1.06 bits per heavy atom. The lowest BCUT2D eigenvalue weighted by Gasteiger charge is -2.58. The number of aryl methyl sites for hydroxylation is 2. The first-order valence-electron chi connectivity index (χ1n) is 13.1. The van der Waals surface area contributed by atoms with E-state index in [1.165, 1.54) is 56.1 Å². The molecule has 31 heavy (non-hydrogen) atoms. The highest BCUT2D eigenvalue weighted by Gasteiger charge is 2.59. The second-order valence-electron chi connectivity index (χ2n) is 12.1. The molecular formula is C30H42O. The summed E-state index contributed by atoms with van der Waals surface area (Å²) in [4.78, 5) is 12.1. The Hall–Kier alpha value is -1.37. The van der Waals surface area contributed by atoms with Crippen LogP contribution in [-0.4, -0.2) is 5.78 Å². The maximum absolute atomic E-state index is 12.1. The lowest BCUT2D eigenvalue weighted by atomic mass is 9.47. The Kier molecular flexibility index (Phi) is 5.47. The van der Waals surface area contributed by atoms with E-state index in [9.17, 15) is 4.79 Å². The molecule has 0 saturated heterocycles. The molecule has 0 amide bonds. The van der Waals surface area contributed by atoms with E-state index >= 15 is 0 Å². The van der Waals surface area contributed by atoms with Crippen molar-refractivity contribution in [2.45, 2.75) is 91.9 Å². The van der Waals surface area contributed by atoms with Gasteiger partial charge >= 0.3 is 0 Å². The first-order valence-corrected chi connectivity index (χ1v) is 13.1. The zero-order valence-electron chi connectivity index (χ0n) is 20.3. The molecule has 1 nitrogen and oxygen atoms in total. The molecule has 0 radical (unpaired) electrons. The first kappa shape index (κ1) is 21.5. The van der Waals surface area contributed by atoms with Gasteiger partial charge in [0.2, 0.25) is 0 Å². The molecule has 168 valence electrons. The highest BCUT2D eigenvalue weighted by Crippen LogP contribution is 2.67. The van der Waals surface area contributed by atoms with Crippen molar-refractivity contribution in [1.82, 2.24) is 0 Å². The fourth-order valence-corrected chi connectivity index (χ4v) is 8.93. The molecule has 1 aromatic rings. The summed E-state index contributed by atoms with van der Waals surface area (Å²) in [6, 6.07) is 8.95. The monoisotopic (exact) mass is 418 g/mol. The summed E-state index contributed by atoms with van der Waals surface area (Å²) in [5.41, 5.74) is 5.34. The summed E-state index contributed by atoms with van der Waals surface area (Å²) in [5, 5.41) is 0. The topological polar surface area (TPSA) is 17.1 Å². The zero-order valence-corrected chi connectivity index (χ0v) is 20.3. The van der Waals surface area contributed by atoms with Crippen molar-refractivity contribution < 1.29 is 4.79 Å². The summed E-state index contributed by atoms with van der Waals surface area (Å²) >= 11 is 0. The van der Waals surface area contributed by atoms with E-state index in [0.717, 1.165) is 48.9 Å². The van der Waals surface area contributed by atoms with Gasteiger partial charge in [-0.05, 0) is 110 Å². The number of carbonyl (C=O) groups excluding carboxylic acids is 1. The Morgan fingerprint density at radius 2 is 1.87 bits per heavy atom. The fourth-order valence-electron chi connectivity index (χ4n) is 8.93. The number of Topliss-reactive ketones (excluding diaryl/α,β-unsaturated/α-hetero) is 1. The van der Waals surface area contributed by atoms with Crippen molar-refractivity contribution in [3.8, 4) is 0 Å². The van der Waals surface area contributed by atoms with Crippen LogP contribution in [0.5, 0.6) is 0 Å². The SMILES string of the molecule is Cc1ccccc1CC[C@@H](C)[C@H]1CC[C@H]2[C@@H]3CC=C4CC(=O)CC[C@]4(C)[C@H]3CC[C@]12C. The molecule has 1 heteroatoms. The second kappa shape index (κ2) is 7.89. The molecule has 0 spiro atoms. The van der Waals surface area contributed by atoms with Crippen LogP contribution in [0.4, 0.5) is 0 Å². The predicted molar refractivity (Wildman–Crippen MR) is 129 cm³/mol. The lowest BCUT2D eigenvalue weighted by molar-refractivity contribution is -0.122. The third kappa shape index (κ3) is 3.46. The quantitative estimate of drug-likeness (QED) is 0.458. The molecule has 0 N–H and O–H groups in total. The number of benzene rings is 1. The normalized spacial score (nSPS) is 40.5. The van der Waals surface area contributed by atoms with E-state index in [0.29, 0.717) is 16.6 Å². The molecule has 0 unspecified atom stereocenters. The highest BCUT2D eigenvalue weighted by molar-refractivity contribution is 5.82. The van der Waals surface area contributed by atoms with Crippen LogP contribution >= 0.6 is 0 Å². The minimum atomic E-state index is 0.312. The average Bonchev–Trinajstić information content (AvgIpc) is 3.11. The third-order valence-electron chi connectivity index (χ3n) is 10.8. The largest absolute Gasteiger partial charge is 0.299 e. The minimum absolute atomic E-state index is 0.312. The van der Waals surface area contributed by atoms with Gasteiger partial charge in [-0.1, -0.05) is 56.7 Å². The molecule has 4 aliphatic rings. The third-order valence-corrected chi connectivity index (χ3v) is 10.8. The lowest BCUT2D eigenvalue weighted by Crippen LogP contribution is -2.50. The van der Waals surface area contributed by atoms with Crippen LogP contribution in [0.25, 0.3) is 0 Å². The van der Waals surface area contributed by atoms with Crippen molar-refractivity contribution in [1.29, 1.82) is 0 Å². The molecule has 5 rings (SSSR count). The number of fused-ring (bicyclic) bond motifs is 5. The smallest absolute Gasteiger partial charge is 0.136 e. The molecule has 1 aromatic carbocycles. The maximum atomic E-state index is 12.1. The van der Waals surface area contributed by atoms with Crippen molar-refractivity contribution in [2.75, 3.05) is 0 Å². The molecule has 0 heterocycles. The molecule has 3 saturated carbocycles. The summed E-state index contributed by atoms with van der Waals surface area (Å²) in [5.74, 6) is 4.74. The molecule has 0 aliphatic heterocycles. The van der Waals surface area contributed by atoms with Gasteiger partial charge in [-0.2, -0.15) is 0 Å². The molecular weight excluding hydrogens is 376 g/mol. The Bertz CT molecular complexity index is 880. The van der Waals surface area contributed by atoms with Crippen LogP contribution < -0.4 is 0 Å². The summed E-state index contributed by atoms with van der Waals surface area (Å²) in [7, 11) is 0. The number of allylic oxidation sites excluding steroid dienone is 2. The number of hydrogen-bond donors (Lipinski definition) is 0. The van der Waals surface area contributed by atoms with Crippen LogP contribution in [0, 0.1) is 47.3 Å². The van der Waals surface area contributed by atoms with Gasteiger partial charge < -0.3 is 0 Å². The minimum Gasteiger partial charge on any atom is -0.299 e. The van der Waals surface area contributed by atoms with E-state index in [4.69, 9.17) is 0 Å². The first-order chi connectivity index (χ1) is 14.8. The van der Waals surface area contributed by atoms with Crippen molar-refractivity contribution >= 4 is 5.78 Å². The van der Waals surface area contributed by atoms with Crippen molar-refractivity contribution in [3.63, 3.8) is 0 Å². The zero-order chi connectivity index (χ0) is 21.8. The molecule has 0 bridgehead atoms. The van der Waals surface area contributed by atoms with Crippen LogP contribution in [0.3, 0.4) is 0 Å². The van der Waals surface area contributed by atoms with Gasteiger partial charge in [0.05, 0.1) is 0 Å². The number of hydrogen-bond acceptors (Lipinski definition) is 1. The molecule has 0 aromatic heterocycles. The van der Waals surface area contributed by atoms with Gasteiger partial charge in [0.1, 0.15) is 5.78 Å². The van der Waals surface area contributed by atoms with Crippen LogP contribution in [-0.2, 0) is 11.2 Å². The van der Waals surface area contributed by atoms with Crippen LogP contribution in [0.2, 0.25) is 0 Å². The van der Waals surface area contributed by atoms with E-state index in [-0.39, 0.29) is 0 Å². The van der Waals surface area contributed by atoms with Gasteiger partial charge in [-0.3, -0.25) is 4.79 Å². The van der Waals surface area contributed by atoms with Crippen molar-refractivity contribution in [3.05, 3.63) is 47.0 Å². The Balaban J connectivity index is 1.32. The van der Waals surface area contributed by atoms with Gasteiger partial charge in [0.15, 0.2) is 0 Å². The number of carbonyl (C=O) groups is 1. The van der Waals surface area contributed by atoms with Gasteiger partial charge in [-0.25, -0.2) is 0 Å². The predicted octanol–water partition coefficient (Wildman–Crippen LogP) is 7.71. The highest BCUT2D eigenvalue weighted by atomic mass is 16.1. The second-order valence-corrected chi connectivity index (χ2v) is 12.1. The standard InChI is InChI=1S/C30H42O/c1-20-7-5-6-8-22(20)10-9-21(2)26-13-14-27-25-12-11-23-19-24(31)15-17-29(23,3)28(25)16-18-30(26,27)4/h5-8,11,21,25-28H,9-10,12-19H2,1-4H3/t21-,25+,26-,27+,28+,29+,30-/m1/s1. The molecule has 4 aliphatic carbocycles. The molecule has 7 atom stereocenters. The van der Waals surface area contributed by atoms with Crippen molar-refractivity contribution in [2.24, 2.45) is 40.4 Å². The van der Waals surface area contributed by atoms with Gasteiger partial charge in [0.25, 0.3) is 0 Å². The average molecular weight is 419 g/mol. The number of rotatable bonds is 4. The van der Waals surface area contributed by atoms with E-state index in [1.54, 1.807) is 5.56 Å². The van der Waals surface area contributed by atoms with Crippen LogP contribution in [0.1, 0.15) is 89.7 Å². The maximum Gasteiger partial charge on any atom is 0.136 e. The summed E-state index contributed by atoms with van der Waals surface area (Å²) in [6.07, 6.45) is 14.7.